The zero-order valence-corrected chi connectivity index (χ0v) is 6.96. The Bertz CT molecular complexity index is 158. The van der Waals surface area contributed by atoms with Crippen LogP contribution in [0.15, 0.2) is 0 Å². The van der Waals surface area contributed by atoms with Crippen molar-refractivity contribution >= 4 is 5.97 Å². The van der Waals surface area contributed by atoms with Gasteiger partial charge in [0.05, 0.1) is 6.42 Å². The fourth-order valence-corrected chi connectivity index (χ4v) is 0.509. The number of rotatable bonds is 4. The van der Waals surface area contributed by atoms with Crippen molar-refractivity contribution in [2.75, 3.05) is 27.2 Å². The lowest BCUT2D eigenvalue weighted by Gasteiger charge is -2.07. The van der Waals surface area contributed by atoms with Gasteiger partial charge in [0, 0.05) is 6.54 Å². The van der Waals surface area contributed by atoms with Gasteiger partial charge in [-0.05, 0) is 14.1 Å². The summed E-state index contributed by atoms with van der Waals surface area (Å²) >= 11 is 0. The number of nitrogens with zero attached hydrogens (tertiary/aromatic N) is 1. The zero-order valence-electron chi connectivity index (χ0n) is 6.96. The van der Waals surface area contributed by atoms with Gasteiger partial charge in [-0.15, -0.1) is 6.42 Å². The molecular weight excluding hydrogens is 142 g/mol. The van der Waals surface area contributed by atoms with Crippen LogP contribution in [-0.4, -0.2) is 38.1 Å². The summed E-state index contributed by atoms with van der Waals surface area (Å²) in [5, 5.41) is 0. The fourth-order valence-electron chi connectivity index (χ4n) is 0.509. The number of terminal acetylenes is 1. The third-order valence-electron chi connectivity index (χ3n) is 1.08. The van der Waals surface area contributed by atoms with Crippen LogP contribution in [0.1, 0.15) is 6.42 Å². The molecule has 0 saturated heterocycles. The van der Waals surface area contributed by atoms with E-state index in [4.69, 9.17) is 6.42 Å². The maximum absolute atomic E-state index is 10.8. The number of carbonyl (C=O) groups excluding carboxylic acids is 1. The van der Waals surface area contributed by atoms with E-state index in [1.807, 2.05) is 19.0 Å². The Hall–Kier alpha value is -1.01. The smallest absolute Gasteiger partial charge is 0.308 e. The van der Waals surface area contributed by atoms with Crippen LogP contribution < -0.4 is 0 Å². The first-order valence-corrected chi connectivity index (χ1v) is 3.40. The fraction of sp³-hybridized carbons (Fsp3) is 0.625. The first-order valence-electron chi connectivity index (χ1n) is 3.40. The molecule has 0 aromatic carbocycles. The zero-order chi connectivity index (χ0) is 8.69. The average Bonchev–Trinajstić information content (AvgIpc) is 1.97. The van der Waals surface area contributed by atoms with Gasteiger partial charge in [-0.1, -0.05) is 5.92 Å². The van der Waals surface area contributed by atoms with E-state index in [0.29, 0.717) is 13.0 Å². The third-order valence-corrected chi connectivity index (χ3v) is 1.08. The Labute approximate surface area is 67.3 Å². The second kappa shape index (κ2) is 5.75. The molecule has 62 valence electrons. The summed E-state index contributed by atoms with van der Waals surface area (Å²) < 4.78 is 4.64. The highest BCUT2D eigenvalue weighted by Gasteiger charge is 2.01. The van der Waals surface area contributed by atoms with Gasteiger partial charge in [-0.25, -0.2) is 0 Å². The predicted molar refractivity (Wildman–Crippen MR) is 43.0 cm³/mol. The van der Waals surface area contributed by atoms with E-state index in [1.54, 1.807) is 0 Å². The molecule has 3 nitrogen and oxygen atoms in total. The normalized spacial score (nSPS) is 9.27. The van der Waals surface area contributed by atoms with Crippen LogP contribution in [0.5, 0.6) is 0 Å². The lowest BCUT2D eigenvalue weighted by atomic mass is 10.4. The number of hydrogen-bond donors (Lipinski definition) is 0. The minimum atomic E-state index is -0.239. The summed E-state index contributed by atoms with van der Waals surface area (Å²) in [5.41, 5.74) is 0. The van der Waals surface area contributed by atoms with Gasteiger partial charge in [-0.3, -0.25) is 4.79 Å². The Balaban J connectivity index is 3.32. The molecule has 0 bridgehead atoms. The number of carbonyl (C=O) groups is 1. The van der Waals surface area contributed by atoms with Crippen LogP contribution in [0.2, 0.25) is 0 Å². The van der Waals surface area contributed by atoms with Crippen molar-refractivity contribution in [3.8, 4) is 12.3 Å². The Kier molecular flexibility index (Phi) is 5.22. The van der Waals surface area contributed by atoms with Gasteiger partial charge in [0.1, 0.15) is 0 Å². The van der Waals surface area contributed by atoms with E-state index in [2.05, 4.69) is 10.7 Å². The molecule has 0 spiro atoms. The molecule has 0 aromatic rings. The molecule has 0 fully saturated rings. The maximum atomic E-state index is 10.8. The van der Waals surface area contributed by atoms with Crippen molar-refractivity contribution in [1.29, 1.82) is 0 Å². The van der Waals surface area contributed by atoms with Crippen molar-refractivity contribution in [3.63, 3.8) is 0 Å². The van der Waals surface area contributed by atoms with Gasteiger partial charge >= 0.3 is 5.97 Å². The lowest BCUT2D eigenvalue weighted by molar-refractivity contribution is -0.142. The van der Waals surface area contributed by atoms with E-state index in [0.717, 1.165) is 0 Å². The van der Waals surface area contributed by atoms with Crippen molar-refractivity contribution < 1.29 is 9.53 Å². The summed E-state index contributed by atoms with van der Waals surface area (Å²) in [6.07, 6.45) is 5.29. The van der Waals surface area contributed by atoms with Crippen LogP contribution in [-0.2, 0) is 9.53 Å². The van der Waals surface area contributed by atoms with E-state index < -0.39 is 0 Å². The van der Waals surface area contributed by atoms with Gasteiger partial charge in [0.2, 0.25) is 0 Å². The van der Waals surface area contributed by atoms with Crippen LogP contribution >= 0.6 is 0 Å². The van der Waals surface area contributed by atoms with Crippen LogP contribution in [0, 0.1) is 12.3 Å². The topological polar surface area (TPSA) is 29.5 Å². The molecule has 0 aliphatic carbocycles. The predicted octanol–water partition coefficient (Wildman–Crippen LogP) is 0.114. The second-order valence-electron chi connectivity index (χ2n) is 2.42. The SMILES string of the molecule is C#CCOC(=O)CCN(C)C. The number of esters is 1. The van der Waals surface area contributed by atoms with E-state index in [-0.39, 0.29) is 12.6 Å². The minimum Gasteiger partial charge on any atom is -0.452 e. The largest absolute Gasteiger partial charge is 0.452 e. The van der Waals surface area contributed by atoms with E-state index in [9.17, 15) is 4.79 Å². The molecule has 0 atom stereocenters. The summed E-state index contributed by atoms with van der Waals surface area (Å²) in [7, 11) is 3.79. The monoisotopic (exact) mass is 155 g/mol. The van der Waals surface area contributed by atoms with Crippen molar-refractivity contribution in [1.82, 2.24) is 4.90 Å². The summed E-state index contributed by atoms with van der Waals surface area (Å²) in [6.45, 7) is 0.773. The Morgan fingerprint density at radius 1 is 1.64 bits per heavy atom. The molecule has 11 heavy (non-hydrogen) atoms. The highest BCUT2D eigenvalue weighted by Crippen LogP contribution is 1.87. The molecule has 0 radical (unpaired) electrons. The van der Waals surface area contributed by atoms with E-state index >= 15 is 0 Å². The minimum absolute atomic E-state index is 0.0757. The molecule has 0 amide bonds. The summed E-state index contributed by atoms with van der Waals surface area (Å²) in [4.78, 5) is 12.7. The lowest BCUT2D eigenvalue weighted by Crippen LogP contribution is -2.18. The summed E-state index contributed by atoms with van der Waals surface area (Å²) in [5.74, 6) is 1.99. The maximum Gasteiger partial charge on any atom is 0.308 e. The highest BCUT2D eigenvalue weighted by atomic mass is 16.5. The quantitative estimate of drug-likeness (QED) is 0.426. The standard InChI is InChI=1S/C8H13NO2/c1-4-7-11-8(10)5-6-9(2)3/h1H,5-7H2,2-3H3. The molecule has 0 N–H and O–H groups in total. The van der Waals surface area contributed by atoms with Gasteiger partial charge in [0.25, 0.3) is 0 Å². The molecule has 0 saturated carbocycles. The van der Waals surface area contributed by atoms with Crippen molar-refractivity contribution in [3.05, 3.63) is 0 Å². The van der Waals surface area contributed by atoms with Crippen LogP contribution in [0.25, 0.3) is 0 Å². The molecule has 0 rings (SSSR count). The molecule has 0 aromatic heterocycles. The van der Waals surface area contributed by atoms with Crippen molar-refractivity contribution in [2.24, 2.45) is 0 Å². The molecule has 0 heterocycles. The molecule has 0 aliphatic rings. The second-order valence-corrected chi connectivity index (χ2v) is 2.42. The average molecular weight is 155 g/mol. The van der Waals surface area contributed by atoms with Gasteiger partial charge in [0.15, 0.2) is 6.61 Å². The Morgan fingerprint density at radius 2 is 2.27 bits per heavy atom. The first-order chi connectivity index (χ1) is 5.16. The Morgan fingerprint density at radius 3 is 2.73 bits per heavy atom. The number of hydrogen-bond acceptors (Lipinski definition) is 3. The third kappa shape index (κ3) is 6.88. The number of ether oxygens (including phenoxy) is 1. The molecule has 0 unspecified atom stereocenters. The highest BCUT2D eigenvalue weighted by molar-refractivity contribution is 5.69. The van der Waals surface area contributed by atoms with E-state index in [1.165, 1.54) is 0 Å². The molecule has 3 heteroatoms. The van der Waals surface area contributed by atoms with Gasteiger partial charge < -0.3 is 9.64 Å². The van der Waals surface area contributed by atoms with Crippen LogP contribution in [0.3, 0.4) is 0 Å². The molecular formula is C8H13NO2. The van der Waals surface area contributed by atoms with Gasteiger partial charge in [-0.2, -0.15) is 0 Å². The van der Waals surface area contributed by atoms with Crippen LogP contribution in [0.4, 0.5) is 0 Å². The summed E-state index contributed by atoms with van der Waals surface area (Å²) in [6, 6.07) is 0. The molecule has 0 aliphatic heterocycles. The first kappa shape index (κ1) is 9.99. The van der Waals surface area contributed by atoms with Crippen molar-refractivity contribution in [2.45, 2.75) is 6.42 Å².